The van der Waals surface area contributed by atoms with Crippen LogP contribution in [0, 0.1) is 11.3 Å². The fourth-order valence-corrected chi connectivity index (χ4v) is 2.64. The van der Waals surface area contributed by atoms with E-state index < -0.39 is 0 Å². The molecule has 18 heavy (non-hydrogen) atoms. The van der Waals surface area contributed by atoms with E-state index in [9.17, 15) is 10.1 Å². The Morgan fingerprint density at radius 2 is 2.11 bits per heavy atom. The van der Waals surface area contributed by atoms with Crippen molar-refractivity contribution in [3.05, 3.63) is 47.3 Å². The number of hydrogen-bond donors (Lipinski definition) is 1. The van der Waals surface area contributed by atoms with Crippen molar-refractivity contribution in [1.29, 1.82) is 5.26 Å². The summed E-state index contributed by atoms with van der Waals surface area (Å²) in [5.41, 5.74) is 1.71. The highest BCUT2D eigenvalue weighted by Gasteiger charge is 2.36. The Balaban J connectivity index is 2.08. The molecule has 0 bridgehead atoms. The Bertz CT molecular complexity index is 556. The number of carbonyl (C=O) groups excluding carboxylic acids is 1. The first kappa shape index (κ1) is 10.8. The summed E-state index contributed by atoms with van der Waals surface area (Å²) in [7, 11) is 0. The zero-order chi connectivity index (χ0) is 12.5. The molecular weight excluding hydrogens is 226 g/mol. The Morgan fingerprint density at radius 3 is 2.83 bits per heavy atom. The highest BCUT2D eigenvalue weighted by atomic mass is 16.2. The average molecular weight is 239 g/mol. The molecule has 4 heteroatoms. The van der Waals surface area contributed by atoms with Gasteiger partial charge in [0.2, 0.25) is 5.91 Å². The highest BCUT2D eigenvalue weighted by Crippen LogP contribution is 2.35. The van der Waals surface area contributed by atoms with Gasteiger partial charge in [-0.05, 0) is 5.56 Å². The lowest BCUT2D eigenvalue weighted by molar-refractivity contribution is -0.129. The van der Waals surface area contributed by atoms with E-state index in [1.807, 2.05) is 30.3 Å². The van der Waals surface area contributed by atoms with Crippen LogP contribution in [0.2, 0.25) is 0 Å². The molecule has 0 saturated carbocycles. The van der Waals surface area contributed by atoms with Crippen molar-refractivity contribution >= 4 is 5.91 Å². The molecule has 0 radical (unpaired) electrons. The van der Waals surface area contributed by atoms with Crippen LogP contribution < -0.4 is 5.32 Å². The van der Waals surface area contributed by atoms with E-state index in [1.165, 1.54) is 0 Å². The second-order valence-electron chi connectivity index (χ2n) is 4.51. The van der Waals surface area contributed by atoms with Gasteiger partial charge in [0, 0.05) is 25.4 Å². The third kappa shape index (κ3) is 1.56. The van der Waals surface area contributed by atoms with Crippen molar-refractivity contribution in [2.24, 2.45) is 0 Å². The van der Waals surface area contributed by atoms with E-state index in [0.717, 1.165) is 12.1 Å². The summed E-state index contributed by atoms with van der Waals surface area (Å²) in [5, 5.41) is 12.5. The maximum Gasteiger partial charge on any atom is 0.229 e. The van der Waals surface area contributed by atoms with Crippen molar-refractivity contribution in [1.82, 2.24) is 10.2 Å². The monoisotopic (exact) mass is 239 g/mol. The molecule has 2 heterocycles. The van der Waals surface area contributed by atoms with E-state index >= 15 is 0 Å². The van der Waals surface area contributed by atoms with Crippen LogP contribution in [0.15, 0.2) is 41.7 Å². The number of hydrogen-bond acceptors (Lipinski definition) is 3. The van der Waals surface area contributed by atoms with E-state index in [4.69, 9.17) is 0 Å². The first-order valence-corrected chi connectivity index (χ1v) is 6.04. The summed E-state index contributed by atoms with van der Waals surface area (Å²) in [6.07, 6.45) is 0.387. The Labute approximate surface area is 106 Å². The van der Waals surface area contributed by atoms with Gasteiger partial charge in [-0.2, -0.15) is 5.26 Å². The molecule has 1 amide bonds. The van der Waals surface area contributed by atoms with Crippen molar-refractivity contribution < 1.29 is 4.79 Å². The van der Waals surface area contributed by atoms with Crippen LogP contribution in [0.3, 0.4) is 0 Å². The van der Waals surface area contributed by atoms with E-state index in [1.54, 1.807) is 4.90 Å². The molecule has 1 saturated heterocycles. The van der Waals surface area contributed by atoms with Crippen LogP contribution in [-0.4, -0.2) is 23.9 Å². The van der Waals surface area contributed by atoms with Crippen LogP contribution in [-0.2, 0) is 4.79 Å². The van der Waals surface area contributed by atoms with Gasteiger partial charge in [-0.25, -0.2) is 0 Å². The zero-order valence-corrected chi connectivity index (χ0v) is 9.89. The minimum Gasteiger partial charge on any atom is -0.369 e. The third-order valence-corrected chi connectivity index (χ3v) is 3.50. The second-order valence-corrected chi connectivity index (χ2v) is 4.51. The molecule has 1 N–H and O–H groups in total. The summed E-state index contributed by atoms with van der Waals surface area (Å²) >= 11 is 0. The van der Waals surface area contributed by atoms with Crippen molar-refractivity contribution in [3.63, 3.8) is 0 Å². The molecule has 1 unspecified atom stereocenters. The van der Waals surface area contributed by atoms with Crippen molar-refractivity contribution in [2.45, 2.75) is 12.3 Å². The lowest BCUT2D eigenvalue weighted by Crippen LogP contribution is -2.35. The normalized spacial score (nSPS) is 22.5. The molecule has 1 aromatic rings. The lowest BCUT2D eigenvalue weighted by atomic mass is 9.86. The largest absolute Gasteiger partial charge is 0.369 e. The van der Waals surface area contributed by atoms with Crippen LogP contribution in [0.4, 0.5) is 0 Å². The summed E-state index contributed by atoms with van der Waals surface area (Å²) in [6.45, 7) is 1.40. The summed E-state index contributed by atoms with van der Waals surface area (Å²) in [5.74, 6) is 0.700. The zero-order valence-electron chi connectivity index (χ0n) is 9.89. The Hall–Kier alpha value is -2.28. The summed E-state index contributed by atoms with van der Waals surface area (Å²) < 4.78 is 0. The number of carbonyl (C=O) groups is 1. The van der Waals surface area contributed by atoms with Crippen molar-refractivity contribution in [3.8, 4) is 6.07 Å². The standard InChI is InChI=1S/C14H13N3O/c15-9-12-11(10-4-2-1-3-5-10)8-13(18)17-7-6-16-14(12)17/h1-5,11,16H,6-8H2. The Morgan fingerprint density at radius 1 is 1.33 bits per heavy atom. The summed E-state index contributed by atoms with van der Waals surface area (Å²) in [4.78, 5) is 13.8. The van der Waals surface area contributed by atoms with Gasteiger partial charge >= 0.3 is 0 Å². The molecule has 4 nitrogen and oxygen atoms in total. The minimum absolute atomic E-state index is 0.0999. The SMILES string of the molecule is N#CC1=C2NCCN2C(=O)CC1c1ccccc1. The van der Waals surface area contributed by atoms with Crippen molar-refractivity contribution in [2.75, 3.05) is 13.1 Å². The van der Waals surface area contributed by atoms with Gasteiger partial charge in [0.25, 0.3) is 0 Å². The number of amides is 1. The quantitative estimate of drug-likeness (QED) is 0.804. The number of nitriles is 1. The predicted molar refractivity (Wildman–Crippen MR) is 66.2 cm³/mol. The number of benzene rings is 1. The fourth-order valence-electron chi connectivity index (χ4n) is 2.64. The van der Waals surface area contributed by atoms with Gasteiger partial charge in [-0.1, -0.05) is 30.3 Å². The number of fused-ring (bicyclic) bond motifs is 1. The van der Waals surface area contributed by atoms with E-state index in [2.05, 4.69) is 11.4 Å². The molecule has 0 aliphatic carbocycles. The fraction of sp³-hybridized carbons (Fsp3) is 0.286. The predicted octanol–water partition coefficient (Wildman–Crippen LogP) is 1.34. The maximum absolute atomic E-state index is 12.1. The molecule has 0 spiro atoms. The van der Waals surface area contributed by atoms with E-state index in [-0.39, 0.29) is 11.8 Å². The van der Waals surface area contributed by atoms with Crippen LogP contribution in [0.25, 0.3) is 0 Å². The molecule has 1 aromatic carbocycles. The maximum atomic E-state index is 12.1. The molecule has 0 aromatic heterocycles. The molecule has 1 atom stereocenters. The number of nitrogens with zero attached hydrogens (tertiary/aromatic N) is 2. The first-order valence-electron chi connectivity index (χ1n) is 6.04. The molecule has 2 aliphatic heterocycles. The molecule has 90 valence electrons. The minimum atomic E-state index is -0.111. The van der Waals surface area contributed by atoms with Gasteiger partial charge in [-0.3, -0.25) is 9.69 Å². The van der Waals surface area contributed by atoms with Gasteiger partial charge in [0.15, 0.2) is 0 Å². The molecule has 2 aliphatic rings. The van der Waals surface area contributed by atoms with Gasteiger partial charge in [0.05, 0.1) is 11.6 Å². The average Bonchev–Trinajstić information content (AvgIpc) is 2.89. The lowest BCUT2D eigenvalue weighted by Gasteiger charge is -2.29. The van der Waals surface area contributed by atoms with Gasteiger partial charge in [0.1, 0.15) is 5.82 Å². The van der Waals surface area contributed by atoms with Gasteiger partial charge in [-0.15, -0.1) is 0 Å². The number of allylic oxidation sites excluding steroid dienone is 1. The number of rotatable bonds is 1. The second kappa shape index (κ2) is 4.19. The Kier molecular flexibility index (Phi) is 2.52. The highest BCUT2D eigenvalue weighted by molar-refractivity contribution is 5.82. The topological polar surface area (TPSA) is 56.1 Å². The molecule has 3 rings (SSSR count). The first-order chi connectivity index (χ1) is 8.81. The number of nitrogens with one attached hydrogen (secondary N) is 1. The van der Waals surface area contributed by atoms with Gasteiger partial charge < -0.3 is 5.32 Å². The van der Waals surface area contributed by atoms with E-state index in [0.29, 0.717) is 24.4 Å². The third-order valence-electron chi connectivity index (χ3n) is 3.50. The molecular formula is C14H13N3O. The van der Waals surface area contributed by atoms with Crippen LogP contribution in [0.1, 0.15) is 17.9 Å². The smallest absolute Gasteiger partial charge is 0.229 e. The summed E-state index contributed by atoms with van der Waals surface area (Å²) in [6, 6.07) is 12.0. The molecule has 1 fully saturated rings. The van der Waals surface area contributed by atoms with Crippen LogP contribution in [0.5, 0.6) is 0 Å². The van der Waals surface area contributed by atoms with Crippen LogP contribution >= 0.6 is 0 Å².